The van der Waals surface area contributed by atoms with E-state index in [0.29, 0.717) is 5.57 Å². The summed E-state index contributed by atoms with van der Waals surface area (Å²) >= 11 is 0. The molecule has 0 bridgehead atoms. The van der Waals surface area contributed by atoms with Gasteiger partial charge >= 0.3 is 12.4 Å². The van der Waals surface area contributed by atoms with Crippen molar-refractivity contribution in [1.82, 2.24) is 0 Å². The number of allylic oxidation sites excluding steroid dienone is 3. The summed E-state index contributed by atoms with van der Waals surface area (Å²) in [7, 11) is 0. The first kappa shape index (κ1) is 14.1. The third-order valence-corrected chi connectivity index (χ3v) is 2.69. The van der Waals surface area contributed by atoms with Gasteiger partial charge in [0, 0.05) is 5.92 Å². The standard InChI is InChI=1S/C10H10F6O/c1-6-2-4-7(5-3-6)8(17,9(11,12)13)10(14,15)16/h2-4,7,17H,5H2,1H3. The van der Waals surface area contributed by atoms with E-state index in [1.807, 2.05) is 0 Å². The highest BCUT2D eigenvalue weighted by atomic mass is 19.4. The number of aliphatic hydroxyl groups is 1. The number of hydrogen-bond acceptors (Lipinski definition) is 1. The van der Waals surface area contributed by atoms with Gasteiger partial charge in [-0.15, -0.1) is 0 Å². The molecule has 1 atom stereocenters. The van der Waals surface area contributed by atoms with E-state index < -0.39 is 30.3 Å². The zero-order valence-corrected chi connectivity index (χ0v) is 8.73. The molecule has 0 spiro atoms. The van der Waals surface area contributed by atoms with Gasteiger partial charge < -0.3 is 5.11 Å². The predicted molar refractivity (Wildman–Crippen MR) is 48.1 cm³/mol. The van der Waals surface area contributed by atoms with Gasteiger partial charge in [0.2, 0.25) is 0 Å². The Bertz CT molecular complexity index is 335. The van der Waals surface area contributed by atoms with Crippen molar-refractivity contribution in [3.05, 3.63) is 23.8 Å². The zero-order valence-electron chi connectivity index (χ0n) is 8.73. The van der Waals surface area contributed by atoms with Gasteiger partial charge in [-0.1, -0.05) is 23.8 Å². The minimum atomic E-state index is -5.76. The molecule has 98 valence electrons. The Hall–Kier alpha value is -0.980. The van der Waals surface area contributed by atoms with Crippen LogP contribution in [0.5, 0.6) is 0 Å². The van der Waals surface area contributed by atoms with Gasteiger partial charge in [0.1, 0.15) is 0 Å². The molecule has 0 aromatic rings. The molecule has 0 saturated carbocycles. The van der Waals surface area contributed by atoms with Crippen LogP contribution in [-0.2, 0) is 0 Å². The molecule has 1 aliphatic rings. The lowest BCUT2D eigenvalue weighted by atomic mass is 9.80. The molecule has 0 radical (unpaired) electrons. The summed E-state index contributed by atoms with van der Waals surface area (Å²) in [5.74, 6) is -2.05. The van der Waals surface area contributed by atoms with Crippen LogP contribution in [-0.4, -0.2) is 23.1 Å². The molecule has 0 heterocycles. The molecule has 0 amide bonds. The summed E-state index contributed by atoms with van der Waals surface area (Å²) in [6.45, 7) is 1.55. The Morgan fingerprint density at radius 1 is 1.12 bits per heavy atom. The zero-order chi connectivity index (χ0) is 13.5. The molecule has 1 unspecified atom stereocenters. The maximum absolute atomic E-state index is 12.5. The summed E-state index contributed by atoms with van der Waals surface area (Å²) in [6.07, 6.45) is -8.92. The van der Waals surface area contributed by atoms with Crippen molar-refractivity contribution in [2.24, 2.45) is 5.92 Å². The third-order valence-electron chi connectivity index (χ3n) is 2.69. The Morgan fingerprint density at radius 3 is 1.88 bits per heavy atom. The molecule has 1 aliphatic carbocycles. The van der Waals surface area contributed by atoms with Gasteiger partial charge in [-0.3, -0.25) is 0 Å². The summed E-state index contributed by atoms with van der Waals surface area (Å²) in [5.41, 5.74) is -4.14. The van der Waals surface area contributed by atoms with E-state index >= 15 is 0 Å². The lowest BCUT2D eigenvalue weighted by Crippen LogP contribution is -2.61. The summed E-state index contributed by atoms with van der Waals surface area (Å²) in [5, 5.41) is 9.06. The highest BCUT2D eigenvalue weighted by molar-refractivity contribution is 5.24. The maximum atomic E-state index is 12.5. The topological polar surface area (TPSA) is 20.2 Å². The van der Waals surface area contributed by atoms with Crippen LogP contribution in [0.3, 0.4) is 0 Å². The van der Waals surface area contributed by atoms with Crippen LogP contribution in [0.2, 0.25) is 0 Å². The second kappa shape index (κ2) is 4.04. The van der Waals surface area contributed by atoms with Crippen molar-refractivity contribution in [1.29, 1.82) is 0 Å². The van der Waals surface area contributed by atoms with E-state index in [4.69, 9.17) is 5.11 Å². The summed E-state index contributed by atoms with van der Waals surface area (Å²) in [4.78, 5) is 0. The predicted octanol–water partition coefficient (Wildman–Crippen LogP) is 3.36. The van der Waals surface area contributed by atoms with Gasteiger partial charge in [0.05, 0.1) is 0 Å². The van der Waals surface area contributed by atoms with Crippen molar-refractivity contribution in [2.45, 2.75) is 31.3 Å². The van der Waals surface area contributed by atoms with Gasteiger partial charge in [-0.2, -0.15) is 26.3 Å². The lowest BCUT2D eigenvalue weighted by molar-refractivity contribution is -0.380. The average molecular weight is 260 g/mol. The quantitative estimate of drug-likeness (QED) is 0.717. The monoisotopic (exact) mass is 260 g/mol. The number of alkyl halides is 6. The van der Waals surface area contributed by atoms with E-state index in [1.54, 1.807) is 6.92 Å². The van der Waals surface area contributed by atoms with Crippen LogP contribution in [0.15, 0.2) is 23.8 Å². The molecule has 0 aliphatic heterocycles. The number of halogens is 6. The molecule has 0 aromatic heterocycles. The van der Waals surface area contributed by atoms with Crippen molar-refractivity contribution >= 4 is 0 Å². The highest BCUT2D eigenvalue weighted by Crippen LogP contribution is 2.49. The summed E-state index contributed by atoms with van der Waals surface area (Å²) in [6, 6.07) is 0. The highest BCUT2D eigenvalue weighted by Gasteiger charge is 2.73. The molecule has 1 nitrogen and oxygen atoms in total. The van der Waals surface area contributed by atoms with Crippen molar-refractivity contribution in [3.63, 3.8) is 0 Å². The smallest absolute Gasteiger partial charge is 0.373 e. The first-order valence-corrected chi connectivity index (χ1v) is 4.71. The molecule has 1 rings (SSSR count). The molecule has 0 saturated heterocycles. The van der Waals surface area contributed by atoms with Crippen molar-refractivity contribution < 1.29 is 31.4 Å². The fourth-order valence-corrected chi connectivity index (χ4v) is 1.62. The van der Waals surface area contributed by atoms with Gasteiger partial charge in [-0.05, 0) is 13.3 Å². The van der Waals surface area contributed by atoms with Crippen LogP contribution >= 0.6 is 0 Å². The van der Waals surface area contributed by atoms with Crippen LogP contribution in [0.1, 0.15) is 13.3 Å². The molecule has 17 heavy (non-hydrogen) atoms. The van der Waals surface area contributed by atoms with Gasteiger partial charge in [0.15, 0.2) is 0 Å². The van der Waals surface area contributed by atoms with Crippen LogP contribution in [0, 0.1) is 5.92 Å². The van der Waals surface area contributed by atoms with Crippen LogP contribution < -0.4 is 0 Å². The maximum Gasteiger partial charge on any atom is 0.426 e. The van der Waals surface area contributed by atoms with Crippen molar-refractivity contribution in [3.8, 4) is 0 Å². The van der Waals surface area contributed by atoms with Crippen LogP contribution in [0.25, 0.3) is 0 Å². The van der Waals surface area contributed by atoms with Crippen molar-refractivity contribution in [2.75, 3.05) is 0 Å². The first-order chi connectivity index (χ1) is 7.50. The molecule has 0 fully saturated rings. The fourth-order valence-electron chi connectivity index (χ4n) is 1.62. The SMILES string of the molecule is CC1=CCC(C(O)(C(F)(F)F)C(F)(F)F)C=C1. The van der Waals surface area contributed by atoms with Gasteiger partial charge in [-0.25, -0.2) is 0 Å². The van der Waals surface area contributed by atoms with Crippen LogP contribution in [0.4, 0.5) is 26.3 Å². The van der Waals surface area contributed by atoms with E-state index in [9.17, 15) is 26.3 Å². The first-order valence-electron chi connectivity index (χ1n) is 4.71. The van der Waals surface area contributed by atoms with E-state index in [2.05, 4.69) is 0 Å². The molecular weight excluding hydrogens is 250 g/mol. The summed E-state index contributed by atoms with van der Waals surface area (Å²) < 4.78 is 74.7. The van der Waals surface area contributed by atoms with E-state index in [0.717, 1.165) is 12.2 Å². The third kappa shape index (κ3) is 2.34. The largest absolute Gasteiger partial charge is 0.426 e. The average Bonchev–Trinajstić information content (AvgIpc) is 2.14. The van der Waals surface area contributed by atoms with E-state index in [-0.39, 0.29) is 0 Å². The second-order valence-electron chi connectivity index (χ2n) is 3.91. The fraction of sp³-hybridized carbons (Fsp3) is 0.600. The Balaban J connectivity index is 3.15. The molecular formula is C10H10F6O. The number of rotatable bonds is 1. The lowest BCUT2D eigenvalue weighted by Gasteiger charge is -2.38. The Kier molecular flexibility index (Phi) is 3.35. The molecule has 1 N–H and O–H groups in total. The second-order valence-corrected chi connectivity index (χ2v) is 3.91. The Labute approximate surface area is 93.4 Å². The van der Waals surface area contributed by atoms with E-state index in [1.165, 1.54) is 6.08 Å². The minimum absolute atomic E-state index is 0.502. The van der Waals surface area contributed by atoms with Gasteiger partial charge in [0.25, 0.3) is 5.60 Å². The number of hydrogen-bond donors (Lipinski definition) is 1. The normalized spacial score (nSPS) is 22.6. The Morgan fingerprint density at radius 2 is 1.59 bits per heavy atom. The molecule has 7 heteroatoms. The minimum Gasteiger partial charge on any atom is -0.373 e. The molecule has 0 aromatic carbocycles.